The van der Waals surface area contributed by atoms with E-state index in [1.54, 1.807) is 24.3 Å². The lowest BCUT2D eigenvalue weighted by atomic mass is 10.1. The number of benzene rings is 1. The van der Waals surface area contributed by atoms with Crippen LogP contribution in [0.15, 0.2) is 24.3 Å². The average Bonchev–Trinajstić information content (AvgIpc) is 2.93. The Balaban J connectivity index is 1.98. The van der Waals surface area contributed by atoms with E-state index in [9.17, 15) is 9.90 Å². The third-order valence-corrected chi connectivity index (χ3v) is 3.41. The van der Waals surface area contributed by atoms with Gasteiger partial charge in [-0.25, -0.2) is 0 Å². The molecule has 5 heteroatoms. The maximum absolute atomic E-state index is 11.4. The first-order valence-corrected chi connectivity index (χ1v) is 7.40. The van der Waals surface area contributed by atoms with Gasteiger partial charge in [0.05, 0.1) is 12.2 Å². The number of hydrogen-bond donors (Lipinski definition) is 2. The quantitative estimate of drug-likeness (QED) is 0.808. The molecule has 2 unspecified atom stereocenters. The minimum atomic E-state index is -0.884. The number of ether oxygens (including phenoxy) is 2. The summed E-state index contributed by atoms with van der Waals surface area (Å²) in [6, 6.07) is 6.47. The van der Waals surface area contributed by atoms with Crippen LogP contribution in [0.1, 0.15) is 38.3 Å². The fourth-order valence-corrected chi connectivity index (χ4v) is 2.41. The summed E-state index contributed by atoms with van der Waals surface area (Å²) in [6.45, 7) is 5.24. The number of hydrogen-bond acceptors (Lipinski definition) is 4. The zero-order valence-corrected chi connectivity index (χ0v) is 12.5. The molecule has 5 nitrogen and oxygen atoms in total. The van der Waals surface area contributed by atoms with Crippen molar-refractivity contribution in [2.45, 2.75) is 44.9 Å². The molecule has 1 heterocycles. The maximum Gasteiger partial charge on any atom is 0.325 e. The van der Waals surface area contributed by atoms with E-state index < -0.39 is 12.0 Å². The largest absolute Gasteiger partial charge is 0.491 e. The molecule has 1 aromatic rings. The Labute approximate surface area is 125 Å². The second-order valence-corrected chi connectivity index (χ2v) is 5.55. The average molecular weight is 293 g/mol. The number of carboxylic acids is 1. The second-order valence-electron chi connectivity index (χ2n) is 5.55. The Hall–Kier alpha value is -1.59. The first-order chi connectivity index (χ1) is 10.1. The summed E-state index contributed by atoms with van der Waals surface area (Å²) in [5, 5.41) is 12.5. The lowest BCUT2D eigenvalue weighted by Crippen LogP contribution is -2.34. The van der Waals surface area contributed by atoms with Crippen molar-refractivity contribution in [2.24, 2.45) is 0 Å². The molecule has 21 heavy (non-hydrogen) atoms. The van der Waals surface area contributed by atoms with Gasteiger partial charge in [-0.05, 0) is 44.4 Å². The molecule has 2 rings (SSSR count). The van der Waals surface area contributed by atoms with Gasteiger partial charge in [0.25, 0.3) is 0 Å². The van der Waals surface area contributed by atoms with Gasteiger partial charge < -0.3 is 14.6 Å². The Morgan fingerprint density at radius 2 is 2.14 bits per heavy atom. The molecule has 0 amide bonds. The highest BCUT2D eigenvalue weighted by Gasteiger charge is 2.22. The highest BCUT2D eigenvalue weighted by molar-refractivity contribution is 5.75. The summed E-state index contributed by atoms with van der Waals surface area (Å²) in [4.78, 5) is 11.4. The molecular weight excluding hydrogens is 270 g/mol. The van der Waals surface area contributed by atoms with Crippen LogP contribution in [0, 0.1) is 0 Å². The van der Waals surface area contributed by atoms with E-state index in [2.05, 4.69) is 5.32 Å². The van der Waals surface area contributed by atoms with Gasteiger partial charge in [-0.15, -0.1) is 0 Å². The van der Waals surface area contributed by atoms with Gasteiger partial charge in [-0.3, -0.25) is 10.1 Å². The van der Waals surface area contributed by atoms with E-state index in [0.717, 1.165) is 30.8 Å². The minimum absolute atomic E-state index is 0.101. The lowest BCUT2D eigenvalue weighted by molar-refractivity contribution is -0.139. The maximum atomic E-state index is 11.4. The van der Waals surface area contributed by atoms with Gasteiger partial charge in [0, 0.05) is 13.2 Å². The smallest absolute Gasteiger partial charge is 0.325 e. The highest BCUT2D eigenvalue weighted by Crippen LogP contribution is 2.20. The molecule has 1 aliphatic heterocycles. The van der Waals surface area contributed by atoms with E-state index >= 15 is 0 Å². The molecule has 0 aliphatic carbocycles. The summed E-state index contributed by atoms with van der Waals surface area (Å²) >= 11 is 0. The van der Waals surface area contributed by atoms with Crippen molar-refractivity contribution in [2.75, 3.05) is 13.2 Å². The van der Waals surface area contributed by atoms with Crippen molar-refractivity contribution in [1.82, 2.24) is 5.32 Å². The summed E-state index contributed by atoms with van der Waals surface area (Å²) in [5.41, 5.74) is 0.719. The van der Waals surface area contributed by atoms with Crippen molar-refractivity contribution >= 4 is 5.97 Å². The van der Waals surface area contributed by atoms with Crippen LogP contribution in [-0.4, -0.2) is 36.4 Å². The van der Waals surface area contributed by atoms with Crippen LogP contribution in [0.5, 0.6) is 5.75 Å². The van der Waals surface area contributed by atoms with Crippen LogP contribution in [-0.2, 0) is 9.53 Å². The van der Waals surface area contributed by atoms with Crippen molar-refractivity contribution in [3.05, 3.63) is 29.8 Å². The molecule has 1 fully saturated rings. The highest BCUT2D eigenvalue weighted by atomic mass is 16.5. The topological polar surface area (TPSA) is 67.8 Å². The lowest BCUT2D eigenvalue weighted by Gasteiger charge is -2.18. The Morgan fingerprint density at radius 3 is 2.67 bits per heavy atom. The molecule has 1 saturated heterocycles. The zero-order chi connectivity index (χ0) is 15.2. The van der Waals surface area contributed by atoms with Crippen LogP contribution in [0.25, 0.3) is 0 Å². The predicted molar refractivity (Wildman–Crippen MR) is 79.6 cm³/mol. The molecule has 116 valence electrons. The van der Waals surface area contributed by atoms with Gasteiger partial charge >= 0.3 is 5.97 Å². The number of aliphatic carboxylic acids is 1. The molecule has 2 atom stereocenters. The Morgan fingerprint density at radius 1 is 1.43 bits per heavy atom. The first kappa shape index (κ1) is 15.8. The minimum Gasteiger partial charge on any atom is -0.491 e. The van der Waals surface area contributed by atoms with Crippen molar-refractivity contribution in [1.29, 1.82) is 0 Å². The third kappa shape index (κ3) is 4.72. The first-order valence-electron chi connectivity index (χ1n) is 7.40. The van der Waals surface area contributed by atoms with Crippen molar-refractivity contribution < 1.29 is 19.4 Å². The Bertz CT molecular complexity index is 452. The number of rotatable bonds is 7. The number of carbonyl (C=O) groups is 1. The molecule has 0 bridgehead atoms. The van der Waals surface area contributed by atoms with Crippen molar-refractivity contribution in [3.63, 3.8) is 0 Å². The van der Waals surface area contributed by atoms with Crippen molar-refractivity contribution in [3.8, 4) is 5.75 Å². The standard InChI is InChI=1S/C16H23NO4/c1-11(2)21-13-7-5-12(6-8-13)15(16(18)19)17-10-14-4-3-9-20-14/h5-8,11,14-15,17H,3-4,9-10H2,1-2H3,(H,18,19). The monoisotopic (exact) mass is 293 g/mol. The molecular formula is C16H23NO4. The van der Waals surface area contributed by atoms with Crippen LogP contribution >= 0.6 is 0 Å². The molecule has 0 radical (unpaired) electrons. The van der Waals surface area contributed by atoms with E-state index in [1.165, 1.54) is 0 Å². The fraction of sp³-hybridized carbons (Fsp3) is 0.562. The normalized spacial score (nSPS) is 19.7. The molecule has 0 aromatic heterocycles. The van der Waals surface area contributed by atoms with Crippen LogP contribution < -0.4 is 10.1 Å². The van der Waals surface area contributed by atoms with Crippen LogP contribution in [0.3, 0.4) is 0 Å². The number of nitrogens with one attached hydrogen (secondary N) is 1. The van der Waals surface area contributed by atoms with E-state index in [4.69, 9.17) is 9.47 Å². The van der Waals surface area contributed by atoms with Gasteiger partial charge in [0.1, 0.15) is 11.8 Å². The summed E-state index contributed by atoms with van der Waals surface area (Å²) in [7, 11) is 0. The van der Waals surface area contributed by atoms with E-state index in [0.29, 0.717) is 6.54 Å². The third-order valence-electron chi connectivity index (χ3n) is 3.41. The fourth-order valence-electron chi connectivity index (χ4n) is 2.41. The van der Waals surface area contributed by atoms with Gasteiger partial charge in [0.2, 0.25) is 0 Å². The van der Waals surface area contributed by atoms with Gasteiger partial charge in [-0.2, -0.15) is 0 Å². The van der Waals surface area contributed by atoms with Gasteiger partial charge in [-0.1, -0.05) is 12.1 Å². The zero-order valence-electron chi connectivity index (χ0n) is 12.5. The molecule has 1 aliphatic rings. The molecule has 2 N–H and O–H groups in total. The number of carboxylic acid groups (broad SMARTS) is 1. The second kappa shape index (κ2) is 7.43. The summed E-state index contributed by atoms with van der Waals surface area (Å²) in [5.74, 6) is -0.137. The van der Waals surface area contributed by atoms with E-state index in [1.807, 2.05) is 13.8 Å². The Kier molecular flexibility index (Phi) is 5.59. The van der Waals surface area contributed by atoms with Gasteiger partial charge in [0.15, 0.2) is 0 Å². The van der Waals surface area contributed by atoms with Crippen LogP contribution in [0.4, 0.5) is 0 Å². The molecule has 0 spiro atoms. The van der Waals surface area contributed by atoms with Crippen LogP contribution in [0.2, 0.25) is 0 Å². The molecule has 0 saturated carbocycles. The predicted octanol–water partition coefficient (Wildman–Crippen LogP) is 2.37. The summed E-state index contributed by atoms with van der Waals surface area (Å²) < 4.78 is 11.1. The summed E-state index contributed by atoms with van der Waals surface area (Å²) in [6.07, 6.45) is 2.26. The molecule has 1 aromatic carbocycles. The van der Waals surface area contributed by atoms with E-state index in [-0.39, 0.29) is 12.2 Å². The SMILES string of the molecule is CC(C)Oc1ccc(C(NCC2CCCO2)C(=O)O)cc1.